The van der Waals surface area contributed by atoms with E-state index >= 15 is 0 Å². The largest absolute Gasteiger partial charge is 0.507 e. The van der Waals surface area contributed by atoms with Crippen LogP contribution < -0.4 is 0 Å². The van der Waals surface area contributed by atoms with E-state index in [0.717, 1.165) is 0 Å². The number of Topliss-reactive ketones (excluding diaryl/α,β-unsaturated/α-hetero) is 2. The molecule has 0 aliphatic heterocycles. The lowest BCUT2D eigenvalue weighted by Crippen LogP contribution is -2.21. The first-order chi connectivity index (χ1) is 9.34. The van der Waals surface area contributed by atoms with Gasteiger partial charge in [-0.2, -0.15) is 0 Å². The number of rotatable bonds is 0. The molecule has 1 aliphatic carbocycles. The van der Waals surface area contributed by atoms with Gasteiger partial charge in [0.05, 0.1) is 5.56 Å². The third-order valence-corrected chi connectivity index (χ3v) is 3.51. The molecule has 0 bridgehead atoms. The molecule has 20 heavy (non-hydrogen) atoms. The van der Waals surface area contributed by atoms with E-state index < -0.39 is 17.3 Å². The lowest BCUT2D eigenvalue weighted by atomic mass is 9.92. The third-order valence-electron chi connectivity index (χ3n) is 3.51. The summed E-state index contributed by atoms with van der Waals surface area (Å²) in [7, 11) is 0. The summed E-state index contributed by atoms with van der Waals surface area (Å²) in [6, 6.07) is 1.19. The fourth-order valence-electron chi connectivity index (χ4n) is 2.33. The number of aromatic hydroxyl groups is 2. The van der Waals surface area contributed by atoms with Gasteiger partial charge in [-0.1, -0.05) is 0 Å². The molecule has 0 saturated heterocycles. The Labute approximate surface area is 112 Å². The minimum atomic E-state index is -0.857. The van der Waals surface area contributed by atoms with Crippen LogP contribution in [0.1, 0.15) is 28.6 Å². The van der Waals surface area contributed by atoms with E-state index in [1.165, 1.54) is 19.9 Å². The Balaban J connectivity index is 2.52. The Hall–Kier alpha value is -2.76. The summed E-state index contributed by atoms with van der Waals surface area (Å²) in [6.07, 6.45) is 0. The maximum absolute atomic E-state index is 11.9. The molecule has 6 heteroatoms. The minimum Gasteiger partial charge on any atom is -0.507 e. The molecule has 0 radical (unpaired) electrons. The van der Waals surface area contributed by atoms with Crippen molar-refractivity contribution in [1.29, 1.82) is 0 Å². The van der Waals surface area contributed by atoms with E-state index in [1.807, 2.05) is 0 Å². The SMILES string of the molecule is CC1=C(O)c2c(oc3c(C)c(O)c(O)cc23)C(=O)C1=O. The number of aliphatic hydroxyl groups is 1. The maximum atomic E-state index is 11.9. The van der Waals surface area contributed by atoms with E-state index in [2.05, 4.69) is 0 Å². The molecule has 0 unspecified atom stereocenters. The topological polar surface area (TPSA) is 108 Å². The molecule has 3 rings (SSSR count). The molecule has 1 aromatic heterocycles. The molecule has 0 amide bonds. The van der Waals surface area contributed by atoms with Crippen LogP contribution in [0.5, 0.6) is 11.5 Å². The lowest BCUT2D eigenvalue weighted by Gasteiger charge is -2.10. The summed E-state index contributed by atoms with van der Waals surface area (Å²) in [5.41, 5.74) is 0.365. The van der Waals surface area contributed by atoms with Crippen molar-refractivity contribution in [2.24, 2.45) is 0 Å². The molecule has 0 fully saturated rings. The Morgan fingerprint density at radius 1 is 1.05 bits per heavy atom. The van der Waals surface area contributed by atoms with Gasteiger partial charge in [0, 0.05) is 16.5 Å². The predicted octanol–water partition coefficient (Wildman–Crippen LogP) is 2.21. The molecule has 1 heterocycles. The second-order valence-corrected chi connectivity index (χ2v) is 4.68. The number of hydrogen-bond donors (Lipinski definition) is 3. The molecule has 1 aromatic carbocycles. The smallest absolute Gasteiger partial charge is 0.269 e. The van der Waals surface area contributed by atoms with Gasteiger partial charge in [-0.05, 0) is 19.9 Å². The van der Waals surface area contributed by atoms with Crippen LogP contribution in [0.2, 0.25) is 0 Å². The predicted molar refractivity (Wildman–Crippen MR) is 68.8 cm³/mol. The van der Waals surface area contributed by atoms with Crippen LogP contribution in [0.4, 0.5) is 0 Å². The zero-order chi connectivity index (χ0) is 14.8. The average Bonchev–Trinajstić information content (AvgIpc) is 2.80. The highest BCUT2D eigenvalue weighted by Gasteiger charge is 2.36. The number of carbonyl (C=O) groups is 2. The number of aliphatic hydroxyl groups excluding tert-OH is 1. The van der Waals surface area contributed by atoms with E-state index in [0.29, 0.717) is 0 Å². The van der Waals surface area contributed by atoms with Crippen molar-refractivity contribution in [3.8, 4) is 11.5 Å². The van der Waals surface area contributed by atoms with Crippen molar-refractivity contribution in [3.63, 3.8) is 0 Å². The number of benzene rings is 1. The quantitative estimate of drug-likeness (QED) is 0.502. The third kappa shape index (κ3) is 1.27. The fourth-order valence-corrected chi connectivity index (χ4v) is 2.33. The second-order valence-electron chi connectivity index (χ2n) is 4.68. The Morgan fingerprint density at radius 3 is 2.35 bits per heavy atom. The highest BCUT2D eigenvalue weighted by atomic mass is 16.4. The summed E-state index contributed by atoms with van der Waals surface area (Å²) in [4.78, 5) is 23.6. The minimum absolute atomic E-state index is 0.0699. The first kappa shape index (κ1) is 12.3. The number of phenolic OH excluding ortho intramolecular Hbond substituents is 2. The van der Waals surface area contributed by atoms with E-state index in [-0.39, 0.29) is 44.9 Å². The second kappa shape index (κ2) is 3.63. The number of aryl methyl sites for hydroxylation is 1. The highest BCUT2D eigenvalue weighted by Crippen LogP contribution is 2.42. The number of ketones is 2. The van der Waals surface area contributed by atoms with Gasteiger partial charge in [0.2, 0.25) is 5.78 Å². The monoisotopic (exact) mass is 274 g/mol. The Morgan fingerprint density at radius 2 is 1.70 bits per heavy atom. The molecule has 0 spiro atoms. The lowest BCUT2D eigenvalue weighted by molar-refractivity contribution is -0.112. The van der Waals surface area contributed by atoms with Crippen LogP contribution in [-0.2, 0) is 4.79 Å². The summed E-state index contributed by atoms with van der Waals surface area (Å²) < 4.78 is 5.32. The normalized spacial score (nSPS) is 15.1. The van der Waals surface area contributed by atoms with E-state index in [1.54, 1.807) is 0 Å². The molecular formula is C14H10O6. The van der Waals surface area contributed by atoms with Crippen LogP contribution in [0.3, 0.4) is 0 Å². The molecular weight excluding hydrogens is 264 g/mol. The molecule has 0 saturated carbocycles. The molecule has 3 N–H and O–H groups in total. The van der Waals surface area contributed by atoms with Crippen LogP contribution in [0.15, 0.2) is 16.1 Å². The van der Waals surface area contributed by atoms with Crippen molar-refractivity contribution < 1.29 is 29.3 Å². The van der Waals surface area contributed by atoms with Gasteiger partial charge in [0.1, 0.15) is 11.3 Å². The van der Waals surface area contributed by atoms with Crippen LogP contribution >= 0.6 is 0 Å². The molecule has 2 aromatic rings. The highest BCUT2D eigenvalue weighted by molar-refractivity contribution is 6.52. The van der Waals surface area contributed by atoms with Crippen LogP contribution in [-0.4, -0.2) is 26.9 Å². The first-order valence-corrected chi connectivity index (χ1v) is 5.81. The zero-order valence-corrected chi connectivity index (χ0v) is 10.6. The number of hydrogen-bond acceptors (Lipinski definition) is 6. The number of carbonyl (C=O) groups excluding carboxylic acids is 2. The van der Waals surface area contributed by atoms with E-state index in [9.17, 15) is 24.9 Å². The number of allylic oxidation sites excluding steroid dienone is 1. The van der Waals surface area contributed by atoms with Gasteiger partial charge in [-0.3, -0.25) is 9.59 Å². The van der Waals surface area contributed by atoms with Crippen LogP contribution in [0, 0.1) is 6.92 Å². The molecule has 1 aliphatic rings. The number of phenols is 2. The molecule has 102 valence electrons. The van der Waals surface area contributed by atoms with Crippen molar-refractivity contribution in [2.75, 3.05) is 0 Å². The maximum Gasteiger partial charge on any atom is 0.269 e. The summed E-state index contributed by atoms with van der Waals surface area (Å²) in [5, 5.41) is 29.6. The van der Waals surface area contributed by atoms with Crippen molar-refractivity contribution >= 4 is 28.3 Å². The van der Waals surface area contributed by atoms with Gasteiger partial charge in [-0.15, -0.1) is 0 Å². The summed E-state index contributed by atoms with van der Waals surface area (Å²) in [5.74, 6) is -3.09. The molecule has 6 nitrogen and oxygen atoms in total. The first-order valence-electron chi connectivity index (χ1n) is 5.81. The summed E-state index contributed by atoms with van der Waals surface area (Å²) >= 11 is 0. The molecule has 0 atom stereocenters. The van der Waals surface area contributed by atoms with Crippen molar-refractivity contribution in [1.82, 2.24) is 0 Å². The number of furan rings is 1. The fraction of sp³-hybridized carbons (Fsp3) is 0.143. The van der Waals surface area contributed by atoms with Gasteiger partial charge >= 0.3 is 0 Å². The number of fused-ring (bicyclic) bond motifs is 3. The average molecular weight is 274 g/mol. The van der Waals surface area contributed by atoms with Gasteiger partial charge < -0.3 is 19.7 Å². The van der Waals surface area contributed by atoms with E-state index in [4.69, 9.17) is 4.42 Å². The Kier molecular flexibility index (Phi) is 2.23. The van der Waals surface area contributed by atoms with Crippen molar-refractivity contribution in [3.05, 3.63) is 28.5 Å². The standard InChI is InChI=1S/C14H10O6/c1-4-10(17)8-6-3-7(15)9(16)5(2)13(6)20-14(8)12(19)11(4)18/h3,15-17H,1-2H3. The van der Waals surface area contributed by atoms with Gasteiger partial charge in [0.25, 0.3) is 5.78 Å². The Bertz CT molecular complexity index is 837. The summed E-state index contributed by atoms with van der Waals surface area (Å²) in [6.45, 7) is 2.83. The zero-order valence-electron chi connectivity index (χ0n) is 10.6. The van der Waals surface area contributed by atoms with Crippen LogP contribution in [0.25, 0.3) is 16.7 Å². The van der Waals surface area contributed by atoms with Crippen molar-refractivity contribution in [2.45, 2.75) is 13.8 Å². The van der Waals surface area contributed by atoms with Gasteiger partial charge in [-0.25, -0.2) is 0 Å². The van der Waals surface area contributed by atoms with Gasteiger partial charge in [0.15, 0.2) is 17.3 Å².